The van der Waals surface area contributed by atoms with E-state index in [9.17, 15) is 0 Å². The van der Waals surface area contributed by atoms with E-state index in [0.29, 0.717) is 16.6 Å². The molecule has 0 saturated carbocycles. The zero-order chi connectivity index (χ0) is 20.7. The Kier molecular flexibility index (Phi) is 5.02. The molecule has 3 aromatic rings. The van der Waals surface area contributed by atoms with Gasteiger partial charge < -0.3 is 21.4 Å². The van der Waals surface area contributed by atoms with Crippen LogP contribution >= 0.6 is 23.2 Å². The molecular weight excluding hydrogens is 421 g/mol. The van der Waals surface area contributed by atoms with Gasteiger partial charge in [-0.25, -0.2) is 5.43 Å². The van der Waals surface area contributed by atoms with E-state index in [1.165, 1.54) is 11.3 Å². The SMILES string of the molecule is Nc1nc2c(c(NC3Cc4ccccc4N(Cc4ccc(Cl)c(Cl)c4)C3)n1)CNN2. The Bertz CT molecular complexity index is 1100. The normalized spacial score (nSPS) is 17.3. The molecule has 0 fully saturated rings. The third kappa shape index (κ3) is 3.71. The smallest absolute Gasteiger partial charge is 0.224 e. The molecular formula is C21H21Cl2N7. The number of nitrogens with zero attached hydrogens (tertiary/aromatic N) is 3. The van der Waals surface area contributed by atoms with Gasteiger partial charge in [-0.1, -0.05) is 47.5 Å². The monoisotopic (exact) mass is 441 g/mol. The average Bonchev–Trinajstić information content (AvgIpc) is 3.19. The van der Waals surface area contributed by atoms with Crippen molar-refractivity contribution in [1.82, 2.24) is 15.4 Å². The molecule has 0 spiro atoms. The van der Waals surface area contributed by atoms with Crippen molar-refractivity contribution in [2.24, 2.45) is 0 Å². The number of halogens is 2. The van der Waals surface area contributed by atoms with Crippen molar-refractivity contribution in [2.75, 3.05) is 27.9 Å². The van der Waals surface area contributed by atoms with Crippen molar-refractivity contribution < 1.29 is 0 Å². The van der Waals surface area contributed by atoms with Gasteiger partial charge in [0.05, 0.1) is 15.6 Å². The maximum absolute atomic E-state index is 6.24. The quantitative estimate of drug-likeness (QED) is 0.488. The van der Waals surface area contributed by atoms with Crippen LogP contribution in [0.15, 0.2) is 42.5 Å². The van der Waals surface area contributed by atoms with Crippen LogP contribution in [0, 0.1) is 0 Å². The minimum Gasteiger partial charge on any atom is -0.368 e. The maximum Gasteiger partial charge on any atom is 0.224 e. The van der Waals surface area contributed by atoms with Crippen LogP contribution in [0.3, 0.4) is 0 Å². The lowest BCUT2D eigenvalue weighted by atomic mass is 9.97. The van der Waals surface area contributed by atoms with Crippen molar-refractivity contribution in [2.45, 2.75) is 25.6 Å². The first-order valence-corrected chi connectivity index (χ1v) is 10.5. The van der Waals surface area contributed by atoms with Crippen LogP contribution in [-0.4, -0.2) is 22.6 Å². The van der Waals surface area contributed by atoms with E-state index in [2.05, 4.69) is 55.3 Å². The summed E-state index contributed by atoms with van der Waals surface area (Å²) in [6, 6.07) is 14.4. The van der Waals surface area contributed by atoms with E-state index in [1.807, 2.05) is 18.2 Å². The zero-order valence-electron chi connectivity index (χ0n) is 16.1. The van der Waals surface area contributed by atoms with E-state index in [-0.39, 0.29) is 12.0 Å². The van der Waals surface area contributed by atoms with Gasteiger partial charge in [0.1, 0.15) is 5.82 Å². The fourth-order valence-corrected chi connectivity index (χ4v) is 4.41. The summed E-state index contributed by atoms with van der Waals surface area (Å²) < 4.78 is 0. The molecule has 5 rings (SSSR count). The molecule has 2 aromatic carbocycles. The molecule has 5 N–H and O–H groups in total. The molecule has 7 nitrogen and oxygen atoms in total. The van der Waals surface area contributed by atoms with Gasteiger partial charge in [0, 0.05) is 31.4 Å². The second kappa shape index (κ2) is 7.83. The van der Waals surface area contributed by atoms with Crippen LogP contribution in [0.1, 0.15) is 16.7 Å². The first kappa shape index (κ1) is 19.2. The highest BCUT2D eigenvalue weighted by Crippen LogP contribution is 2.32. The summed E-state index contributed by atoms with van der Waals surface area (Å²) in [5.41, 5.74) is 16.6. The van der Waals surface area contributed by atoms with Gasteiger partial charge >= 0.3 is 0 Å². The lowest BCUT2D eigenvalue weighted by Crippen LogP contribution is -2.42. The summed E-state index contributed by atoms with van der Waals surface area (Å²) in [6.07, 6.45) is 0.896. The number of hydrogen-bond acceptors (Lipinski definition) is 7. The summed E-state index contributed by atoms with van der Waals surface area (Å²) in [4.78, 5) is 11.1. The highest BCUT2D eigenvalue weighted by atomic mass is 35.5. The zero-order valence-corrected chi connectivity index (χ0v) is 17.6. The number of hydrogen-bond donors (Lipinski definition) is 4. The Morgan fingerprint density at radius 2 is 2.00 bits per heavy atom. The largest absolute Gasteiger partial charge is 0.368 e. The predicted octanol–water partition coefficient (Wildman–Crippen LogP) is 3.84. The van der Waals surface area contributed by atoms with Crippen LogP contribution in [0.5, 0.6) is 0 Å². The molecule has 2 aliphatic rings. The molecule has 1 aromatic heterocycles. The Labute approximate surface area is 184 Å². The van der Waals surface area contributed by atoms with Gasteiger partial charge in [-0.05, 0) is 35.7 Å². The van der Waals surface area contributed by atoms with Crippen molar-refractivity contribution in [3.05, 3.63) is 69.2 Å². The van der Waals surface area contributed by atoms with Gasteiger partial charge in [-0.15, -0.1) is 0 Å². The predicted molar refractivity (Wildman–Crippen MR) is 122 cm³/mol. The molecule has 0 amide bonds. The number of nitrogen functional groups attached to an aromatic ring is 1. The Morgan fingerprint density at radius 3 is 2.87 bits per heavy atom. The van der Waals surface area contributed by atoms with E-state index < -0.39 is 0 Å². The first-order chi connectivity index (χ1) is 14.6. The van der Waals surface area contributed by atoms with Crippen LogP contribution in [0.4, 0.5) is 23.3 Å². The molecule has 0 saturated heterocycles. The van der Waals surface area contributed by atoms with Crippen molar-refractivity contribution in [3.63, 3.8) is 0 Å². The summed E-state index contributed by atoms with van der Waals surface area (Å²) in [5.74, 6) is 1.75. The number of nitrogens with two attached hydrogens (primary N) is 1. The summed E-state index contributed by atoms with van der Waals surface area (Å²) >= 11 is 12.3. The molecule has 1 atom stereocenters. The van der Waals surface area contributed by atoms with Gasteiger partial charge in [-0.2, -0.15) is 9.97 Å². The molecule has 0 radical (unpaired) electrons. The molecule has 154 valence electrons. The van der Waals surface area contributed by atoms with Gasteiger partial charge in [0.2, 0.25) is 5.95 Å². The standard InChI is InChI=1S/C21H21Cl2N7/c22-16-6-5-12(7-17(16)23)10-30-11-14(8-13-3-1-2-4-18(13)30)26-19-15-9-25-29-20(15)28-21(24)27-19/h1-7,14,25H,8-11H2,(H4,24,26,27,28,29). The summed E-state index contributed by atoms with van der Waals surface area (Å²) in [5, 5.41) is 4.74. The number of nitrogens with one attached hydrogen (secondary N) is 3. The fraction of sp³-hybridized carbons (Fsp3) is 0.238. The molecule has 2 aliphatic heterocycles. The Balaban J connectivity index is 1.43. The van der Waals surface area contributed by atoms with Gasteiger partial charge in [0.25, 0.3) is 0 Å². The molecule has 0 aliphatic carbocycles. The van der Waals surface area contributed by atoms with Crippen LogP contribution in [-0.2, 0) is 19.5 Å². The minimum atomic E-state index is 0.168. The van der Waals surface area contributed by atoms with E-state index in [4.69, 9.17) is 28.9 Å². The second-order valence-electron chi connectivity index (χ2n) is 7.54. The van der Waals surface area contributed by atoms with Crippen LogP contribution < -0.4 is 26.8 Å². The van der Waals surface area contributed by atoms with Gasteiger partial charge in [-0.3, -0.25) is 0 Å². The third-order valence-corrected chi connectivity index (χ3v) is 6.17. The molecule has 3 heterocycles. The molecule has 30 heavy (non-hydrogen) atoms. The van der Waals surface area contributed by atoms with Crippen LogP contribution in [0.25, 0.3) is 0 Å². The van der Waals surface area contributed by atoms with Crippen molar-refractivity contribution >= 4 is 46.5 Å². The Morgan fingerprint density at radius 1 is 1.13 bits per heavy atom. The lowest BCUT2D eigenvalue weighted by molar-refractivity contribution is 0.626. The first-order valence-electron chi connectivity index (χ1n) is 9.75. The lowest BCUT2D eigenvalue weighted by Gasteiger charge is -2.37. The number of benzene rings is 2. The van der Waals surface area contributed by atoms with Gasteiger partial charge in [0.15, 0.2) is 5.82 Å². The van der Waals surface area contributed by atoms with Crippen LogP contribution in [0.2, 0.25) is 10.0 Å². The van der Waals surface area contributed by atoms with Crippen molar-refractivity contribution in [1.29, 1.82) is 0 Å². The highest BCUT2D eigenvalue weighted by Gasteiger charge is 2.27. The van der Waals surface area contributed by atoms with E-state index in [0.717, 1.165) is 42.3 Å². The molecule has 9 heteroatoms. The number of anilines is 4. The topological polar surface area (TPSA) is 91.1 Å². The maximum atomic E-state index is 6.24. The number of para-hydroxylation sites is 1. The summed E-state index contributed by atoms with van der Waals surface area (Å²) in [6.45, 7) is 2.20. The average molecular weight is 442 g/mol. The molecule has 0 bridgehead atoms. The third-order valence-electron chi connectivity index (χ3n) is 5.43. The van der Waals surface area contributed by atoms with Crippen molar-refractivity contribution in [3.8, 4) is 0 Å². The summed E-state index contributed by atoms with van der Waals surface area (Å²) in [7, 11) is 0. The number of hydrazine groups is 1. The van der Waals surface area contributed by atoms with E-state index >= 15 is 0 Å². The fourth-order valence-electron chi connectivity index (χ4n) is 4.09. The Hall–Kier alpha value is -2.74. The second-order valence-corrected chi connectivity index (χ2v) is 8.35. The van der Waals surface area contributed by atoms with E-state index in [1.54, 1.807) is 0 Å². The minimum absolute atomic E-state index is 0.168. The highest BCUT2D eigenvalue weighted by molar-refractivity contribution is 6.42. The number of rotatable bonds is 4. The number of fused-ring (bicyclic) bond motifs is 2. The number of aromatic nitrogens is 2. The molecule has 1 unspecified atom stereocenters.